The van der Waals surface area contributed by atoms with Gasteiger partial charge in [-0.25, -0.2) is 8.78 Å². The molecule has 1 aromatic carbocycles. The number of hydrogen-bond acceptors (Lipinski definition) is 4. The fourth-order valence-electron chi connectivity index (χ4n) is 3.14. The lowest BCUT2D eigenvalue weighted by Gasteiger charge is -2.27. The number of nitrogens with zero attached hydrogens (tertiary/aromatic N) is 2. The summed E-state index contributed by atoms with van der Waals surface area (Å²) in [7, 11) is 0. The van der Waals surface area contributed by atoms with Crippen LogP contribution in [-0.2, 0) is 11.3 Å². The van der Waals surface area contributed by atoms with E-state index in [-0.39, 0.29) is 18.2 Å². The van der Waals surface area contributed by atoms with Gasteiger partial charge in [-0.15, -0.1) is 0 Å². The molecule has 1 fully saturated rings. The molecule has 2 heterocycles. The average Bonchev–Trinajstić information content (AvgIpc) is 3.11. The van der Waals surface area contributed by atoms with Crippen molar-refractivity contribution in [3.63, 3.8) is 0 Å². The van der Waals surface area contributed by atoms with Gasteiger partial charge in [0.15, 0.2) is 0 Å². The molecule has 2 atom stereocenters. The summed E-state index contributed by atoms with van der Waals surface area (Å²) in [6.45, 7) is 2.12. The van der Waals surface area contributed by atoms with E-state index in [9.17, 15) is 13.9 Å². The molecule has 0 saturated carbocycles. The Bertz CT molecular complexity index is 678. The number of benzene rings is 1. The standard InChI is InChI=1S/C19H22F2N2O2/c20-15-5-6-18(21)17(9-15)19(24)13-23(12-16-4-2-8-25-16)11-14-3-1-7-22-10-14/h1,3,5-7,9-10,16,19,24H,2,4,8,11-13H2. The summed E-state index contributed by atoms with van der Waals surface area (Å²) in [5.74, 6) is -1.17. The topological polar surface area (TPSA) is 45.6 Å². The molecule has 0 bridgehead atoms. The minimum atomic E-state index is -1.12. The molecular weight excluding hydrogens is 326 g/mol. The molecule has 2 unspecified atom stereocenters. The second-order valence-electron chi connectivity index (χ2n) is 6.37. The molecule has 1 aliphatic heterocycles. The van der Waals surface area contributed by atoms with E-state index in [2.05, 4.69) is 4.98 Å². The van der Waals surface area contributed by atoms with Gasteiger partial charge in [-0.3, -0.25) is 9.88 Å². The molecule has 1 saturated heterocycles. The van der Waals surface area contributed by atoms with E-state index in [1.54, 1.807) is 12.4 Å². The predicted molar refractivity (Wildman–Crippen MR) is 89.8 cm³/mol. The molecule has 1 aromatic heterocycles. The number of aromatic nitrogens is 1. The molecule has 0 radical (unpaired) electrons. The first-order valence-corrected chi connectivity index (χ1v) is 8.47. The van der Waals surface area contributed by atoms with E-state index in [1.165, 1.54) is 0 Å². The zero-order valence-corrected chi connectivity index (χ0v) is 13.9. The van der Waals surface area contributed by atoms with Gasteiger partial charge in [0.2, 0.25) is 0 Å². The van der Waals surface area contributed by atoms with Gasteiger partial charge >= 0.3 is 0 Å². The summed E-state index contributed by atoms with van der Waals surface area (Å²) in [5.41, 5.74) is 0.968. The van der Waals surface area contributed by atoms with E-state index >= 15 is 0 Å². The normalized spacial score (nSPS) is 18.6. The zero-order valence-electron chi connectivity index (χ0n) is 13.9. The molecule has 2 aromatic rings. The molecule has 0 aliphatic carbocycles. The van der Waals surface area contributed by atoms with Crippen LogP contribution in [0, 0.1) is 11.6 Å². The predicted octanol–water partition coefficient (Wildman–Crippen LogP) is 3.07. The second kappa shape index (κ2) is 8.47. The van der Waals surface area contributed by atoms with Crippen LogP contribution < -0.4 is 0 Å². The molecule has 1 N–H and O–H groups in total. The Morgan fingerprint density at radius 1 is 1.32 bits per heavy atom. The van der Waals surface area contributed by atoms with Crippen LogP contribution in [0.25, 0.3) is 0 Å². The zero-order chi connectivity index (χ0) is 17.6. The monoisotopic (exact) mass is 348 g/mol. The summed E-state index contributed by atoms with van der Waals surface area (Å²) in [6, 6.07) is 6.94. The maximum atomic E-state index is 13.9. The molecule has 4 nitrogen and oxygen atoms in total. The maximum absolute atomic E-state index is 13.9. The summed E-state index contributed by atoms with van der Waals surface area (Å²) in [5, 5.41) is 10.4. The van der Waals surface area contributed by atoms with Gasteiger partial charge in [-0.1, -0.05) is 6.07 Å². The largest absolute Gasteiger partial charge is 0.387 e. The van der Waals surface area contributed by atoms with Crippen molar-refractivity contribution in [3.05, 3.63) is 65.5 Å². The van der Waals surface area contributed by atoms with Crippen LogP contribution in [0.4, 0.5) is 8.78 Å². The summed E-state index contributed by atoms with van der Waals surface area (Å²) < 4.78 is 33.0. The van der Waals surface area contributed by atoms with E-state index in [0.29, 0.717) is 13.1 Å². The number of aliphatic hydroxyl groups is 1. The average molecular weight is 348 g/mol. The van der Waals surface area contributed by atoms with Crippen LogP contribution in [0.15, 0.2) is 42.7 Å². The highest BCUT2D eigenvalue weighted by atomic mass is 19.1. The first-order valence-electron chi connectivity index (χ1n) is 8.47. The van der Waals surface area contributed by atoms with Crippen LogP contribution in [0.2, 0.25) is 0 Å². The van der Waals surface area contributed by atoms with E-state index in [0.717, 1.165) is 43.2 Å². The SMILES string of the molecule is OC(CN(Cc1cccnc1)CC1CCCO1)c1cc(F)ccc1F. The molecule has 134 valence electrons. The fraction of sp³-hybridized carbons (Fsp3) is 0.421. The van der Waals surface area contributed by atoms with Gasteiger partial charge in [-0.2, -0.15) is 0 Å². The molecular formula is C19H22F2N2O2. The Labute approximate surface area is 146 Å². The van der Waals surface area contributed by atoms with E-state index < -0.39 is 17.7 Å². The molecule has 1 aliphatic rings. The smallest absolute Gasteiger partial charge is 0.129 e. The lowest BCUT2D eigenvalue weighted by Crippen LogP contribution is -2.35. The van der Waals surface area contributed by atoms with Crippen LogP contribution in [0.5, 0.6) is 0 Å². The summed E-state index contributed by atoms with van der Waals surface area (Å²) in [6.07, 6.45) is 4.43. The highest BCUT2D eigenvalue weighted by molar-refractivity contribution is 5.21. The Morgan fingerprint density at radius 3 is 2.92 bits per heavy atom. The highest BCUT2D eigenvalue weighted by Gasteiger charge is 2.23. The Hall–Kier alpha value is -1.89. The van der Waals surface area contributed by atoms with E-state index in [1.807, 2.05) is 17.0 Å². The molecule has 6 heteroatoms. The molecule has 25 heavy (non-hydrogen) atoms. The lowest BCUT2D eigenvalue weighted by molar-refractivity contribution is 0.0451. The van der Waals surface area contributed by atoms with Gasteiger partial charge in [-0.05, 0) is 42.7 Å². The van der Waals surface area contributed by atoms with Crippen molar-refractivity contribution in [1.29, 1.82) is 0 Å². The second-order valence-corrected chi connectivity index (χ2v) is 6.37. The first kappa shape index (κ1) is 17.9. The number of rotatable bonds is 7. The van der Waals surface area contributed by atoms with Crippen molar-refractivity contribution in [2.75, 3.05) is 19.7 Å². The van der Waals surface area contributed by atoms with Gasteiger partial charge in [0.25, 0.3) is 0 Å². The van der Waals surface area contributed by atoms with E-state index in [4.69, 9.17) is 4.74 Å². The van der Waals surface area contributed by atoms with Crippen molar-refractivity contribution >= 4 is 0 Å². The van der Waals surface area contributed by atoms with Crippen LogP contribution in [-0.4, -0.2) is 40.8 Å². The third-order valence-corrected chi connectivity index (χ3v) is 4.36. The lowest BCUT2D eigenvalue weighted by atomic mass is 10.1. The van der Waals surface area contributed by atoms with Gasteiger partial charge in [0.05, 0.1) is 12.2 Å². The van der Waals surface area contributed by atoms with Crippen LogP contribution >= 0.6 is 0 Å². The minimum Gasteiger partial charge on any atom is -0.387 e. The number of ether oxygens (including phenoxy) is 1. The van der Waals surface area contributed by atoms with Gasteiger partial charge in [0, 0.05) is 44.2 Å². The molecule has 0 amide bonds. The summed E-state index contributed by atoms with van der Waals surface area (Å²) >= 11 is 0. The summed E-state index contributed by atoms with van der Waals surface area (Å²) in [4.78, 5) is 6.10. The van der Waals surface area contributed by atoms with Crippen LogP contribution in [0.3, 0.4) is 0 Å². The highest BCUT2D eigenvalue weighted by Crippen LogP contribution is 2.22. The molecule has 3 rings (SSSR count). The Balaban J connectivity index is 1.72. The van der Waals surface area contributed by atoms with Gasteiger partial charge < -0.3 is 9.84 Å². The Morgan fingerprint density at radius 2 is 2.20 bits per heavy atom. The minimum absolute atomic E-state index is 0.0245. The van der Waals surface area contributed by atoms with Crippen molar-refractivity contribution in [2.24, 2.45) is 0 Å². The Kier molecular flexibility index (Phi) is 6.07. The quantitative estimate of drug-likeness (QED) is 0.835. The fourth-order valence-corrected chi connectivity index (χ4v) is 3.14. The van der Waals surface area contributed by atoms with Crippen LogP contribution in [0.1, 0.15) is 30.1 Å². The third-order valence-electron chi connectivity index (χ3n) is 4.36. The van der Waals surface area contributed by atoms with Gasteiger partial charge in [0.1, 0.15) is 11.6 Å². The number of aliphatic hydroxyl groups excluding tert-OH is 1. The number of hydrogen-bond donors (Lipinski definition) is 1. The first-order chi connectivity index (χ1) is 12.1. The third kappa shape index (κ3) is 5.04. The van der Waals surface area contributed by atoms with Crippen molar-refractivity contribution in [3.8, 4) is 0 Å². The van der Waals surface area contributed by atoms with Crippen molar-refractivity contribution in [2.45, 2.75) is 31.6 Å². The number of pyridine rings is 1. The molecule has 0 spiro atoms. The van der Waals surface area contributed by atoms with Crippen molar-refractivity contribution in [1.82, 2.24) is 9.88 Å². The maximum Gasteiger partial charge on any atom is 0.129 e. The number of halogens is 2. The van der Waals surface area contributed by atoms with Crippen molar-refractivity contribution < 1.29 is 18.6 Å².